The van der Waals surface area contributed by atoms with Crippen molar-refractivity contribution in [2.75, 3.05) is 6.61 Å². The second kappa shape index (κ2) is 5.17. The van der Waals surface area contributed by atoms with Gasteiger partial charge in [-0.1, -0.05) is 6.07 Å². The highest BCUT2D eigenvalue weighted by Gasteiger charge is 2.13. The van der Waals surface area contributed by atoms with Crippen LogP contribution in [-0.2, 0) is 10.6 Å². The maximum absolute atomic E-state index is 11.6. The Morgan fingerprint density at radius 2 is 2.07 bits per heavy atom. The van der Waals surface area contributed by atoms with Crippen molar-refractivity contribution in [3.05, 3.63) is 34.4 Å². The van der Waals surface area contributed by atoms with Crippen molar-refractivity contribution in [1.29, 1.82) is 0 Å². The average Bonchev–Trinajstić information content (AvgIpc) is 2.21. The SMILES string of the molecule is CCOC(=O)c1cc(C)cc(CCl)c1C. The Kier molecular flexibility index (Phi) is 4.15. The minimum absolute atomic E-state index is 0.273. The van der Waals surface area contributed by atoms with E-state index in [-0.39, 0.29) is 5.97 Å². The fraction of sp³-hybridized carbons (Fsp3) is 0.417. The Balaban J connectivity index is 3.17. The lowest BCUT2D eigenvalue weighted by molar-refractivity contribution is 0.0525. The minimum atomic E-state index is -0.273. The predicted molar refractivity (Wildman–Crippen MR) is 61.4 cm³/mol. The Morgan fingerprint density at radius 3 is 2.60 bits per heavy atom. The van der Waals surface area contributed by atoms with Gasteiger partial charge in [0.25, 0.3) is 0 Å². The molecule has 1 aromatic rings. The summed E-state index contributed by atoms with van der Waals surface area (Å²) < 4.78 is 4.98. The fourth-order valence-corrected chi connectivity index (χ4v) is 1.77. The van der Waals surface area contributed by atoms with Gasteiger partial charge in [0.05, 0.1) is 12.2 Å². The highest BCUT2D eigenvalue weighted by atomic mass is 35.5. The van der Waals surface area contributed by atoms with Crippen LogP contribution in [0, 0.1) is 13.8 Å². The van der Waals surface area contributed by atoms with E-state index in [1.54, 1.807) is 6.92 Å². The molecule has 0 amide bonds. The Hall–Kier alpha value is -1.02. The molecule has 0 bridgehead atoms. The van der Waals surface area contributed by atoms with Gasteiger partial charge < -0.3 is 4.74 Å². The van der Waals surface area contributed by atoms with Crippen molar-refractivity contribution in [2.24, 2.45) is 0 Å². The van der Waals surface area contributed by atoms with Crippen LogP contribution in [0.1, 0.15) is 34.0 Å². The van der Waals surface area contributed by atoms with Crippen molar-refractivity contribution in [1.82, 2.24) is 0 Å². The molecule has 0 aliphatic carbocycles. The third-order valence-corrected chi connectivity index (χ3v) is 2.59. The summed E-state index contributed by atoms with van der Waals surface area (Å²) in [6.07, 6.45) is 0. The minimum Gasteiger partial charge on any atom is -0.462 e. The topological polar surface area (TPSA) is 26.3 Å². The molecular weight excluding hydrogens is 212 g/mol. The molecule has 0 N–H and O–H groups in total. The van der Waals surface area contributed by atoms with Crippen molar-refractivity contribution in [3.63, 3.8) is 0 Å². The van der Waals surface area contributed by atoms with Crippen LogP contribution in [0.25, 0.3) is 0 Å². The standard InChI is InChI=1S/C12H15ClO2/c1-4-15-12(14)11-6-8(2)5-10(7-13)9(11)3/h5-6H,4,7H2,1-3H3. The third kappa shape index (κ3) is 2.72. The number of benzene rings is 1. The highest BCUT2D eigenvalue weighted by molar-refractivity contribution is 6.17. The summed E-state index contributed by atoms with van der Waals surface area (Å²) in [5.74, 6) is 0.143. The van der Waals surface area contributed by atoms with Gasteiger partial charge in [-0.2, -0.15) is 0 Å². The lowest BCUT2D eigenvalue weighted by Gasteiger charge is -2.10. The predicted octanol–water partition coefficient (Wildman–Crippen LogP) is 3.22. The molecule has 0 spiro atoms. The number of aryl methyl sites for hydroxylation is 1. The number of hydrogen-bond acceptors (Lipinski definition) is 2. The molecule has 82 valence electrons. The fourth-order valence-electron chi connectivity index (χ4n) is 1.49. The molecule has 3 heteroatoms. The van der Waals surface area contributed by atoms with E-state index in [0.29, 0.717) is 18.1 Å². The number of alkyl halides is 1. The summed E-state index contributed by atoms with van der Waals surface area (Å²) >= 11 is 5.81. The van der Waals surface area contributed by atoms with E-state index in [1.165, 1.54) is 0 Å². The number of esters is 1. The largest absolute Gasteiger partial charge is 0.462 e. The van der Waals surface area contributed by atoms with Crippen LogP contribution >= 0.6 is 11.6 Å². The highest BCUT2D eigenvalue weighted by Crippen LogP contribution is 2.19. The number of hydrogen-bond donors (Lipinski definition) is 0. The van der Waals surface area contributed by atoms with Crippen molar-refractivity contribution >= 4 is 17.6 Å². The molecule has 0 saturated carbocycles. The number of ether oxygens (including phenoxy) is 1. The molecule has 0 aliphatic rings. The maximum Gasteiger partial charge on any atom is 0.338 e. The molecule has 0 atom stereocenters. The van der Waals surface area contributed by atoms with Crippen LogP contribution in [0.15, 0.2) is 12.1 Å². The molecule has 0 unspecified atom stereocenters. The zero-order valence-electron chi connectivity index (χ0n) is 9.26. The van der Waals surface area contributed by atoms with Gasteiger partial charge in [-0.25, -0.2) is 4.79 Å². The molecule has 0 fully saturated rings. The summed E-state index contributed by atoms with van der Waals surface area (Å²) in [6.45, 7) is 6.02. The van der Waals surface area contributed by atoms with E-state index in [2.05, 4.69) is 0 Å². The monoisotopic (exact) mass is 226 g/mol. The summed E-state index contributed by atoms with van der Waals surface area (Å²) in [5, 5.41) is 0. The zero-order chi connectivity index (χ0) is 11.4. The van der Waals surface area contributed by atoms with E-state index in [4.69, 9.17) is 16.3 Å². The second-order valence-electron chi connectivity index (χ2n) is 3.45. The van der Waals surface area contributed by atoms with Crippen LogP contribution in [0.5, 0.6) is 0 Å². The molecule has 0 heterocycles. The Bertz CT molecular complexity index is 372. The van der Waals surface area contributed by atoms with Crippen LogP contribution in [0.4, 0.5) is 0 Å². The first kappa shape index (κ1) is 12.1. The van der Waals surface area contributed by atoms with Crippen molar-refractivity contribution in [3.8, 4) is 0 Å². The van der Waals surface area contributed by atoms with Crippen LogP contribution < -0.4 is 0 Å². The molecular formula is C12H15ClO2. The number of halogens is 1. The Labute approximate surface area is 95.2 Å². The molecule has 0 aromatic heterocycles. The van der Waals surface area contributed by atoms with E-state index in [0.717, 1.165) is 16.7 Å². The molecule has 0 saturated heterocycles. The van der Waals surface area contributed by atoms with E-state index in [1.807, 2.05) is 26.0 Å². The van der Waals surface area contributed by atoms with Gasteiger partial charge in [-0.15, -0.1) is 11.6 Å². The van der Waals surface area contributed by atoms with E-state index in [9.17, 15) is 4.79 Å². The molecule has 1 rings (SSSR count). The molecule has 1 aromatic carbocycles. The summed E-state index contributed by atoms with van der Waals surface area (Å²) in [6, 6.07) is 3.83. The van der Waals surface area contributed by atoms with Crippen LogP contribution in [-0.4, -0.2) is 12.6 Å². The first-order valence-electron chi connectivity index (χ1n) is 4.93. The first-order valence-corrected chi connectivity index (χ1v) is 5.46. The summed E-state index contributed by atoms with van der Waals surface area (Å²) in [5.41, 5.74) is 3.54. The second-order valence-corrected chi connectivity index (χ2v) is 3.72. The third-order valence-electron chi connectivity index (χ3n) is 2.30. The quantitative estimate of drug-likeness (QED) is 0.584. The summed E-state index contributed by atoms with van der Waals surface area (Å²) in [4.78, 5) is 11.6. The van der Waals surface area contributed by atoms with Gasteiger partial charge in [0.1, 0.15) is 0 Å². The van der Waals surface area contributed by atoms with Gasteiger partial charge in [-0.3, -0.25) is 0 Å². The normalized spacial score (nSPS) is 10.1. The van der Waals surface area contributed by atoms with Gasteiger partial charge in [0.2, 0.25) is 0 Å². The van der Waals surface area contributed by atoms with E-state index < -0.39 is 0 Å². The maximum atomic E-state index is 11.6. The lowest BCUT2D eigenvalue weighted by atomic mass is 10.0. The number of carbonyl (C=O) groups is 1. The van der Waals surface area contributed by atoms with Crippen LogP contribution in [0.2, 0.25) is 0 Å². The van der Waals surface area contributed by atoms with Crippen LogP contribution in [0.3, 0.4) is 0 Å². The average molecular weight is 227 g/mol. The zero-order valence-corrected chi connectivity index (χ0v) is 10.0. The van der Waals surface area contributed by atoms with E-state index >= 15 is 0 Å². The van der Waals surface area contributed by atoms with Gasteiger partial charge in [0.15, 0.2) is 0 Å². The lowest BCUT2D eigenvalue weighted by Crippen LogP contribution is -2.08. The molecule has 0 aliphatic heterocycles. The Morgan fingerprint density at radius 1 is 1.40 bits per heavy atom. The molecule has 15 heavy (non-hydrogen) atoms. The smallest absolute Gasteiger partial charge is 0.338 e. The first-order chi connectivity index (χ1) is 7.10. The van der Waals surface area contributed by atoms with Gasteiger partial charge >= 0.3 is 5.97 Å². The number of carbonyl (C=O) groups excluding carboxylic acids is 1. The molecule has 2 nitrogen and oxygen atoms in total. The van der Waals surface area contributed by atoms with Crippen molar-refractivity contribution in [2.45, 2.75) is 26.7 Å². The van der Waals surface area contributed by atoms with Gasteiger partial charge in [-0.05, 0) is 43.5 Å². The van der Waals surface area contributed by atoms with Crippen molar-refractivity contribution < 1.29 is 9.53 Å². The molecule has 0 radical (unpaired) electrons. The number of rotatable bonds is 3. The van der Waals surface area contributed by atoms with Gasteiger partial charge in [0, 0.05) is 5.88 Å². The summed E-state index contributed by atoms with van der Waals surface area (Å²) in [7, 11) is 0.